The topological polar surface area (TPSA) is 55.1 Å². The molecule has 0 aromatic carbocycles. The maximum atomic E-state index is 11.7. The summed E-state index contributed by atoms with van der Waals surface area (Å²) in [4.78, 5) is 11.7. The highest BCUT2D eigenvalue weighted by atomic mass is 32.2. The van der Waals surface area contributed by atoms with Gasteiger partial charge in [0.25, 0.3) is 0 Å². The molecule has 0 heterocycles. The molecule has 0 aromatic rings. The molecule has 1 saturated carbocycles. The van der Waals surface area contributed by atoms with E-state index >= 15 is 0 Å². The van der Waals surface area contributed by atoms with E-state index in [2.05, 4.69) is 12.2 Å². The number of hydrogen-bond acceptors (Lipinski definition) is 3. The minimum absolute atomic E-state index is 0.167. The smallest absolute Gasteiger partial charge is 0.237 e. The fourth-order valence-corrected chi connectivity index (χ4v) is 4.10. The van der Waals surface area contributed by atoms with Crippen LogP contribution in [0.4, 0.5) is 0 Å². The lowest BCUT2D eigenvalue weighted by Gasteiger charge is -2.39. The van der Waals surface area contributed by atoms with Gasteiger partial charge in [-0.15, -0.1) is 0 Å². The molecule has 0 spiro atoms. The first-order valence-corrected chi connectivity index (χ1v) is 7.86. The van der Waals surface area contributed by atoms with Gasteiger partial charge in [0.05, 0.1) is 5.54 Å². The number of rotatable bonds is 7. The van der Waals surface area contributed by atoms with Crippen molar-refractivity contribution in [1.82, 2.24) is 5.32 Å². The monoisotopic (exact) mass is 258 g/mol. The molecule has 17 heavy (non-hydrogen) atoms. The van der Waals surface area contributed by atoms with Crippen molar-refractivity contribution in [3.63, 3.8) is 0 Å². The molecule has 2 unspecified atom stereocenters. The van der Waals surface area contributed by atoms with E-state index in [1.807, 2.05) is 18.7 Å². The summed E-state index contributed by atoms with van der Waals surface area (Å²) in [7, 11) is 0. The van der Waals surface area contributed by atoms with Gasteiger partial charge >= 0.3 is 0 Å². The fourth-order valence-electron chi connectivity index (χ4n) is 2.57. The lowest BCUT2D eigenvalue weighted by Crippen LogP contribution is -2.58. The molecule has 1 fully saturated rings. The van der Waals surface area contributed by atoms with Crippen LogP contribution in [-0.2, 0) is 4.79 Å². The third-order valence-corrected chi connectivity index (χ3v) is 4.94. The Balaban J connectivity index is 2.52. The Morgan fingerprint density at radius 2 is 2.29 bits per heavy atom. The number of hydrogen-bond donors (Lipinski definition) is 2. The second-order valence-corrected chi connectivity index (χ2v) is 6.33. The van der Waals surface area contributed by atoms with Gasteiger partial charge in [-0.1, -0.05) is 20.3 Å². The van der Waals surface area contributed by atoms with Gasteiger partial charge in [-0.3, -0.25) is 4.79 Å². The number of likely N-dealkylation sites (N-methyl/N-ethyl adjacent to an activating group) is 1. The van der Waals surface area contributed by atoms with Crippen LogP contribution in [-0.4, -0.2) is 29.0 Å². The summed E-state index contributed by atoms with van der Waals surface area (Å²) < 4.78 is 0. The van der Waals surface area contributed by atoms with Crippen LogP contribution in [0.2, 0.25) is 0 Å². The Hall–Kier alpha value is -0.220. The standard InChI is InChI=1S/C13H26N2OS/c1-3-5-9-17-11-7-6-8-13(10-11,12(14)16)15-4-2/h11,15H,3-10H2,1-2H3,(H2,14,16). The first kappa shape index (κ1) is 14.8. The normalized spacial score (nSPS) is 29.2. The van der Waals surface area contributed by atoms with E-state index in [9.17, 15) is 4.79 Å². The summed E-state index contributed by atoms with van der Waals surface area (Å²) in [6.07, 6.45) is 6.67. The molecule has 2 atom stereocenters. The molecule has 0 aliphatic heterocycles. The van der Waals surface area contributed by atoms with E-state index in [4.69, 9.17) is 5.73 Å². The van der Waals surface area contributed by atoms with Gasteiger partial charge in [0, 0.05) is 5.25 Å². The third kappa shape index (κ3) is 4.18. The number of nitrogens with two attached hydrogens (primary N) is 1. The Kier molecular flexibility index (Phi) is 6.34. The molecule has 100 valence electrons. The molecule has 3 nitrogen and oxygen atoms in total. The van der Waals surface area contributed by atoms with Crippen molar-refractivity contribution in [2.24, 2.45) is 5.73 Å². The molecule has 1 aliphatic rings. The fraction of sp³-hybridized carbons (Fsp3) is 0.923. The van der Waals surface area contributed by atoms with Crippen molar-refractivity contribution in [2.45, 2.75) is 63.2 Å². The largest absolute Gasteiger partial charge is 0.368 e. The lowest BCUT2D eigenvalue weighted by molar-refractivity contribution is -0.125. The quantitative estimate of drug-likeness (QED) is 0.689. The first-order chi connectivity index (χ1) is 8.14. The predicted octanol–water partition coefficient (Wildman–Crippen LogP) is 2.30. The van der Waals surface area contributed by atoms with Gasteiger partial charge in [-0.2, -0.15) is 11.8 Å². The number of carbonyl (C=O) groups excluding carboxylic acids is 1. The Bertz CT molecular complexity index is 244. The van der Waals surface area contributed by atoms with Crippen LogP contribution in [0.25, 0.3) is 0 Å². The zero-order chi connectivity index (χ0) is 12.7. The maximum Gasteiger partial charge on any atom is 0.237 e. The average Bonchev–Trinajstić information content (AvgIpc) is 2.30. The Morgan fingerprint density at radius 3 is 2.88 bits per heavy atom. The van der Waals surface area contributed by atoms with Crippen molar-refractivity contribution >= 4 is 17.7 Å². The van der Waals surface area contributed by atoms with Crippen LogP contribution < -0.4 is 11.1 Å². The molecule has 1 rings (SSSR count). The molecule has 0 bridgehead atoms. The molecular weight excluding hydrogens is 232 g/mol. The van der Waals surface area contributed by atoms with Crippen molar-refractivity contribution in [3.8, 4) is 0 Å². The van der Waals surface area contributed by atoms with Crippen LogP contribution in [0.15, 0.2) is 0 Å². The number of primary amides is 1. The highest BCUT2D eigenvalue weighted by Crippen LogP contribution is 2.35. The minimum atomic E-state index is -0.434. The zero-order valence-corrected chi connectivity index (χ0v) is 11.9. The van der Waals surface area contributed by atoms with Crippen LogP contribution in [0.5, 0.6) is 0 Å². The summed E-state index contributed by atoms with van der Waals surface area (Å²) in [5.41, 5.74) is 5.16. The van der Waals surface area contributed by atoms with Crippen molar-refractivity contribution in [3.05, 3.63) is 0 Å². The number of unbranched alkanes of at least 4 members (excludes halogenated alkanes) is 1. The molecule has 0 aromatic heterocycles. The number of carbonyl (C=O) groups is 1. The Labute approximate surface area is 109 Å². The number of nitrogens with one attached hydrogen (secondary N) is 1. The van der Waals surface area contributed by atoms with E-state index in [0.717, 1.165) is 25.8 Å². The van der Waals surface area contributed by atoms with Crippen LogP contribution in [0.3, 0.4) is 0 Å². The van der Waals surface area contributed by atoms with Gasteiger partial charge in [0.15, 0.2) is 0 Å². The third-order valence-electron chi connectivity index (χ3n) is 3.54. The molecule has 4 heteroatoms. The predicted molar refractivity (Wildman–Crippen MR) is 75.2 cm³/mol. The second-order valence-electron chi connectivity index (χ2n) is 4.92. The van der Waals surface area contributed by atoms with E-state index in [1.165, 1.54) is 25.0 Å². The minimum Gasteiger partial charge on any atom is -0.368 e. The van der Waals surface area contributed by atoms with Gasteiger partial charge in [0.2, 0.25) is 5.91 Å². The zero-order valence-electron chi connectivity index (χ0n) is 11.1. The van der Waals surface area contributed by atoms with Gasteiger partial charge in [-0.25, -0.2) is 0 Å². The molecule has 1 amide bonds. The summed E-state index contributed by atoms with van der Waals surface area (Å²) in [5.74, 6) is 1.04. The summed E-state index contributed by atoms with van der Waals surface area (Å²) in [5, 5.41) is 3.93. The van der Waals surface area contributed by atoms with Crippen molar-refractivity contribution in [2.75, 3.05) is 12.3 Å². The van der Waals surface area contributed by atoms with Crippen LogP contribution in [0.1, 0.15) is 52.4 Å². The molecular formula is C13H26N2OS. The average molecular weight is 258 g/mol. The van der Waals surface area contributed by atoms with Gasteiger partial charge < -0.3 is 11.1 Å². The molecule has 0 saturated heterocycles. The maximum absolute atomic E-state index is 11.7. The lowest BCUT2D eigenvalue weighted by atomic mass is 9.80. The summed E-state index contributed by atoms with van der Waals surface area (Å²) >= 11 is 2.02. The second kappa shape index (κ2) is 7.27. The van der Waals surface area contributed by atoms with Crippen LogP contribution >= 0.6 is 11.8 Å². The number of amides is 1. The van der Waals surface area contributed by atoms with Gasteiger partial charge in [0.1, 0.15) is 0 Å². The van der Waals surface area contributed by atoms with Crippen LogP contribution in [0, 0.1) is 0 Å². The van der Waals surface area contributed by atoms with Gasteiger partial charge in [-0.05, 0) is 44.4 Å². The SMILES string of the molecule is CCCCSC1CCCC(NCC)(C(N)=O)C1. The summed E-state index contributed by atoms with van der Waals surface area (Å²) in [6.45, 7) is 5.07. The highest BCUT2D eigenvalue weighted by Gasteiger charge is 2.40. The van der Waals surface area contributed by atoms with E-state index in [1.54, 1.807) is 0 Å². The first-order valence-electron chi connectivity index (χ1n) is 6.81. The van der Waals surface area contributed by atoms with Crippen molar-refractivity contribution in [1.29, 1.82) is 0 Å². The van der Waals surface area contributed by atoms with E-state index in [0.29, 0.717) is 5.25 Å². The molecule has 0 radical (unpaired) electrons. The van der Waals surface area contributed by atoms with E-state index < -0.39 is 5.54 Å². The highest BCUT2D eigenvalue weighted by molar-refractivity contribution is 7.99. The molecule has 3 N–H and O–H groups in total. The Morgan fingerprint density at radius 1 is 1.53 bits per heavy atom. The van der Waals surface area contributed by atoms with E-state index in [-0.39, 0.29) is 5.91 Å². The molecule has 1 aliphatic carbocycles. The van der Waals surface area contributed by atoms with Crippen molar-refractivity contribution < 1.29 is 4.79 Å². The summed E-state index contributed by atoms with van der Waals surface area (Å²) in [6, 6.07) is 0. The number of thioether (sulfide) groups is 1.